The van der Waals surface area contributed by atoms with Crippen LogP contribution in [0.1, 0.15) is 35.8 Å². The maximum Gasteiger partial charge on any atom is 0.416 e. The number of benzene rings is 1. The summed E-state index contributed by atoms with van der Waals surface area (Å²) >= 11 is 0. The van der Waals surface area contributed by atoms with Crippen molar-refractivity contribution in [1.29, 1.82) is 0 Å². The third-order valence-electron chi connectivity index (χ3n) is 4.82. The lowest BCUT2D eigenvalue weighted by atomic mass is 10.1. The van der Waals surface area contributed by atoms with E-state index in [9.17, 15) is 21.6 Å². The van der Waals surface area contributed by atoms with Crippen molar-refractivity contribution in [3.63, 3.8) is 0 Å². The molecule has 28 heavy (non-hydrogen) atoms. The van der Waals surface area contributed by atoms with Crippen LogP contribution in [0, 0.1) is 6.92 Å². The van der Waals surface area contributed by atoms with Gasteiger partial charge in [0, 0.05) is 18.8 Å². The van der Waals surface area contributed by atoms with Gasteiger partial charge < -0.3 is 0 Å². The lowest BCUT2D eigenvalue weighted by Crippen LogP contribution is -2.32. The Hall–Kier alpha value is -2.46. The predicted octanol–water partition coefficient (Wildman–Crippen LogP) is 3.58. The van der Waals surface area contributed by atoms with E-state index >= 15 is 0 Å². The Morgan fingerprint density at radius 1 is 1.18 bits per heavy atom. The third kappa shape index (κ3) is 3.16. The molecule has 1 aliphatic rings. The van der Waals surface area contributed by atoms with Gasteiger partial charge in [-0.25, -0.2) is 17.9 Å². The van der Waals surface area contributed by atoms with Crippen LogP contribution in [0.3, 0.4) is 0 Å². The van der Waals surface area contributed by atoms with E-state index in [1.807, 2.05) is 6.92 Å². The van der Waals surface area contributed by atoms with E-state index in [2.05, 4.69) is 10.1 Å². The second kappa shape index (κ2) is 6.56. The molecule has 1 aliphatic heterocycles. The van der Waals surface area contributed by atoms with Crippen molar-refractivity contribution in [2.24, 2.45) is 0 Å². The fraction of sp³-hybridized carbons (Fsp3) is 0.333. The SMILES string of the molecule is Cc1cc2nccc([C@H]3CCCN3S(=O)(=O)c3cccc(C(F)(F)F)c3)n2n1. The van der Waals surface area contributed by atoms with Crippen LogP contribution in [0.2, 0.25) is 0 Å². The quantitative estimate of drug-likeness (QED) is 0.662. The van der Waals surface area contributed by atoms with Crippen molar-refractivity contribution in [3.8, 4) is 0 Å². The van der Waals surface area contributed by atoms with Crippen molar-refractivity contribution >= 4 is 15.7 Å². The maximum atomic E-state index is 13.2. The van der Waals surface area contributed by atoms with E-state index in [4.69, 9.17) is 0 Å². The number of alkyl halides is 3. The zero-order chi connectivity index (χ0) is 20.1. The van der Waals surface area contributed by atoms with Gasteiger partial charge in [0.15, 0.2) is 5.65 Å². The molecule has 0 saturated carbocycles. The molecule has 1 saturated heterocycles. The summed E-state index contributed by atoms with van der Waals surface area (Å²) < 4.78 is 68.2. The summed E-state index contributed by atoms with van der Waals surface area (Å²) in [6.07, 6.45) is -1.87. The highest BCUT2D eigenvalue weighted by Crippen LogP contribution is 2.38. The van der Waals surface area contributed by atoms with Crippen LogP contribution in [0.15, 0.2) is 47.5 Å². The summed E-state index contributed by atoms with van der Waals surface area (Å²) in [5.74, 6) is 0. The number of aromatic nitrogens is 3. The molecule has 0 N–H and O–H groups in total. The summed E-state index contributed by atoms with van der Waals surface area (Å²) in [5.41, 5.74) is 0.994. The Morgan fingerprint density at radius 2 is 1.96 bits per heavy atom. The number of rotatable bonds is 3. The molecule has 6 nitrogen and oxygen atoms in total. The van der Waals surface area contributed by atoms with Crippen LogP contribution in [0.5, 0.6) is 0 Å². The predicted molar refractivity (Wildman–Crippen MR) is 95.0 cm³/mol. The molecule has 3 aromatic rings. The summed E-state index contributed by atoms with van der Waals surface area (Å²) in [6.45, 7) is 2.04. The van der Waals surface area contributed by atoms with Gasteiger partial charge in [-0.15, -0.1) is 0 Å². The molecule has 0 unspecified atom stereocenters. The average molecular weight is 410 g/mol. The van der Waals surface area contributed by atoms with Gasteiger partial charge in [0.2, 0.25) is 10.0 Å². The molecule has 0 amide bonds. The van der Waals surface area contributed by atoms with Crippen LogP contribution in [0.25, 0.3) is 5.65 Å². The van der Waals surface area contributed by atoms with Crippen molar-refractivity contribution < 1.29 is 21.6 Å². The van der Waals surface area contributed by atoms with Gasteiger partial charge in [-0.05, 0) is 44.0 Å². The van der Waals surface area contributed by atoms with Gasteiger partial charge in [-0.3, -0.25) is 0 Å². The van der Waals surface area contributed by atoms with E-state index in [1.54, 1.807) is 22.8 Å². The zero-order valence-electron chi connectivity index (χ0n) is 14.9. The molecule has 3 heterocycles. The van der Waals surface area contributed by atoms with Crippen molar-refractivity contribution in [2.45, 2.75) is 36.9 Å². The second-order valence-corrected chi connectivity index (χ2v) is 8.62. The molecule has 148 valence electrons. The van der Waals surface area contributed by atoms with E-state index < -0.39 is 27.8 Å². The molecule has 1 fully saturated rings. The Kier molecular flexibility index (Phi) is 4.42. The van der Waals surface area contributed by atoms with Gasteiger partial charge in [0.1, 0.15) is 0 Å². The van der Waals surface area contributed by atoms with Crippen LogP contribution in [-0.2, 0) is 16.2 Å². The summed E-state index contributed by atoms with van der Waals surface area (Å²) in [6, 6.07) is 6.81. The van der Waals surface area contributed by atoms with E-state index in [-0.39, 0.29) is 11.4 Å². The first-order chi connectivity index (χ1) is 13.2. The van der Waals surface area contributed by atoms with E-state index in [1.165, 1.54) is 10.4 Å². The van der Waals surface area contributed by atoms with Crippen molar-refractivity contribution in [3.05, 3.63) is 59.5 Å². The molecule has 0 spiro atoms. The monoisotopic (exact) mass is 410 g/mol. The van der Waals surface area contributed by atoms with E-state index in [0.29, 0.717) is 30.2 Å². The number of hydrogen-bond acceptors (Lipinski definition) is 4. The lowest BCUT2D eigenvalue weighted by Gasteiger charge is -2.25. The summed E-state index contributed by atoms with van der Waals surface area (Å²) in [7, 11) is -4.11. The summed E-state index contributed by atoms with van der Waals surface area (Å²) in [5, 5.41) is 4.38. The lowest BCUT2D eigenvalue weighted by molar-refractivity contribution is -0.137. The van der Waals surface area contributed by atoms with E-state index in [0.717, 1.165) is 17.8 Å². The highest BCUT2D eigenvalue weighted by atomic mass is 32.2. The van der Waals surface area contributed by atoms with Crippen LogP contribution < -0.4 is 0 Å². The first kappa shape index (κ1) is 18.9. The number of aryl methyl sites for hydroxylation is 1. The topological polar surface area (TPSA) is 67.6 Å². The highest BCUT2D eigenvalue weighted by Gasteiger charge is 2.39. The van der Waals surface area contributed by atoms with Crippen LogP contribution >= 0.6 is 0 Å². The minimum absolute atomic E-state index is 0.229. The van der Waals surface area contributed by atoms with Gasteiger partial charge in [-0.1, -0.05) is 6.07 Å². The molecular weight excluding hydrogens is 393 g/mol. The molecule has 1 aromatic carbocycles. The Bertz CT molecular complexity index is 1140. The minimum atomic E-state index is -4.61. The van der Waals surface area contributed by atoms with Gasteiger partial charge >= 0.3 is 6.18 Å². The largest absolute Gasteiger partial charge is 0.416 e. The molecule has 1 atom stereocenters. The number of fused-ring (bicyclic) bond motifs is 1. The van der Waals surface area contributed by atoms with Gasteiger partial charge in [-0.2, -0.15) is 22.6 Å². The maximum absolute atomic E-state index is 13.2. The normalized spacial score (nSPS) is 18.8. The first-order valence-corrected chi connectivity index (χ1v) is 10.1. The third-order valence-corrected chi connectivity index (χ3v) is 6.73. The van der Waals surface area contributed by atoms with Gasteiger partial charge in [0.05, 0.1) is 27.9 Å². The average Bonchev–Trinajstić information content (AvgIpc) is 3.26. The number of halogens is 3. The molecule has 0 radical (unpaired) electrons. The fourth-order valence-electron chi connectivity index (χ4n) is 3.57. The first-order valence-electron chi connectivity index (χ1n) is 8.68. The molecule has 0 bridgehead atoms. The minimum Gasteiger partial charge on any atom is -0.237 e. The smallest absolute Gasteiger partial charge is 0.237 e. The number of hydrogen-bond donors (Lipinski definition) is 0. The highest BCUT2D eigenvalue weighted by molar-refractivity contribution is 7.89. The molecule has 4 rings (SSSR count). The Morgan fingerprint density at radius 3 is 2.71 bits per heavy atom. The second-order valence-electron chi connectivity index (χ2n) is 6.72. The summed E-state index contributed by atoms with van der Waals surface area (Å²) in [4.78, 5) is 3.86. The number of sulfonamides is 1. The van der Waals surface area contributed by atoms with Crippen LogP contribution in [-0.4, -0.2) is 33.9 Å². The molecule has 10 heteroatoms. The fourth-order valence-corrected chi connectivity index (χ4v) is 5.29. The van der Waals surface area contributed by atoms with Crippen molar-refractivity contribution in [2.75, 3.05) is 6.54 Å². The standard InChI is InChI=1S/C18H17F3N4O2S/c1-12-10-17-22-8-7-16(25(17)23-12)15-6-3-9-24(15)28(26,27)14-5-2-4-13(11-14)18(19,20)21/h2,4-5,7-8,10-11,15H,3,6,9H2,1H3/t15-/m1/s1. The Labute approximate surface area is 159 Å². The van der Waals surface area contributed by atoms with Gasteiger partial charge in [0.25, 0.3) is 0 Å². The molecular formula is C18H17F3N4O2S. The Balaban J connectivity index is 1.77. The number of nitrogens with zero attached hydrogens (tertiary/aromatic N) is 4. The molecule has 2 aromatic heterocycles. The molecule has 0 aliphatic carbocycles. The van der Waals surface area contributed by atoms with Crippen molar-refractivity contribution in [1.82, 2.24) is 18.9 Å². The van der Waals surface area contributed by atoms with Crippen LogP contribution in [0.4, 0.5) is 13.2 Å². The zero-order valence-corrected chi connectivity index (χ0v) is 15.7.